The van der Waals surface area contributed by atoms with E-state index < -0.39 is 0 Å². The standard InChI is InChI=1S/C20H21ClN2O2/c1-13-8-14(2)19(17(21)9-13)23-12-16(10-18(23)24)20(25)22-11-15-6-4-3-5-7-15/h3-9,16H,10-12H2,1-2H3,(H,22,25). The number of rotatable bonds is 4. The van der Waals surface area contributed by atoms with Crippen LogP contribution in [0.1, 0.15) is 23.1 Å². The lowest BCUT2D eigenvalue weighted by molar-refractivity contribution is -0.126. The lowest BCUT2D eigenvalue weighted by Gasteiger charge is -2.21. The summed E-state index contributed by atoms with van der Waals surface area (Å²) in [4.78, 5) is 26.5. The number of carbonyl (C=O) groups excluding carboxylic acids is 2. The summed E-state index contributed by atoms with van der Waals surface area (Å²) in [6, 6.07) is 13.6. The van der Waals surface area contributed by atoms with E-state index in [4.69, 9.17) is 11.6 Å². The zero-order valence-electron chi connectivity index (χ0n) is 14.4. The Labute approximate surface area is 152 Å². The Morgan fingerprint density at radius 1 is 1.24 bits per heavy atom. The molecule has 4 nitrogen and oxygen atoms in total. The fourth-order valence-electron chi connectivity index (χ4n) is 3.28. The first-order chi connectivity index (χ1) is 12.0. The molecular weight excluding hydrogens is 336 g/mol. The Kier molecular flexibility index (Phi) is 5.09. The molecule has 1 saturated heterocycles. The second-order valence-corrected chi connectivity index (χ2v) is 6.93. The van der Waals surface area contributed by atoms with Crippen LogP contribution >= 0.6 is 11.6 Å². The number of anilines is 1. The number of carbonyl (C=O) groups is 2. The molecule has 2 aromatic carbocycles. The van der Waals surface area contributed by atoms with E-state index in [9.17, 15) is 9.59 Å². The summed E-state index contributed by atoms with van der Waals surface area (Å²) in [5.74, 6) is -0.512. The first-order valence-corrected chi connectivity index (χ1v) is 8.72. The fourth-order valence-corrected chi connectivity index (χ4v) is 3.70. The van der Waals surface area contributed by atoms with Gasteiger partial charge >= 0.3 is 0 Å². The zero-order chi connectivity index (χ0) is 18.0. The van der Waals surface area contributed by atoms with Crippen molar-refractivity contribution in [1.29, 1.82) is 0 Å². The minimum absolute atomic E-state index is 0.0614. The first kappa shape index (κ1) is 17.5. The van der Waals surface area contributed by atoms with Crippen LogP contribution in [0.4, 0.5) is 5.69 Å². The maximum absolute atomic E-state index is 12.4. The molecule has 2 aromatic rings. The van der Waals surface area contributed by atoms with Crippen LogP contribution in [-0.2, 0) is 16.1 Å². The molecule has 0 aromatic heterocycles. The molecule has 1 heterocycles. The van der Waals surface area contributed by atoms with Gasteiger partial charge in [-0.15, -0.1) is 0 Å². The number of halogens is 1. The van der Waals surface area contributed by atoms with Crippen LogP contribution < -0.4 is 10.2 Å². The van der Waals surface area contributed by atoms with Crippen molar-refractivity contribution in [1.82, 2.24) is 5.32 Å². The fraction of sp³-hybridized carbons (Fsp3) is 0.300. The Hall–Kier alpha value is -2.33. The van der Waals surface area contributed by atoms with E-state index in [0.29, 0.717) is 18.1 Å². The summed E-state index contributed by atoms with van der Waals surface area (Å²) < 4.78 is 0. The number of benzene rings is 2. The van der Waals surface area contributed by atoms with Crippen molar-refractivity contribution in [3.63, 3.8) is 0 Å². The summed E-state index contributed by atoms with van der Waals surface area (Å²) in [7, 11) is 0. The molecule has 0 radical (unpaired) electrons. The maximum atomic E-state index is 12.4. The van der Waals surface area contributed by atoms with E-state index in [2.05, 4.69) is 5.32 Å². The summed E-state index contributed by atoms with van der Waals surface area (Å²) in [5.41, 5.74) is 3.75. The highest BCUT2D eigenvalue weighted by Crippen LogP contribution is 2.35. The molecular formula is C20H21ClN2O2. The smallest absolute Gasteiger partial charge is 0.227 e. The maximum Gasteiger partial charge on any atom is 0.227 e. The number of amides is 2. The van der Waals surface area contributed by atoms with Crippen LogP contribution in [0.3, 0.4) is 0 Å². The Bertz CT molecular complexity index is 782. The molecule has 25 heavy (non-hydrogen) atoms. The van der Waals surface area contributed by atoms with Crippen molar-refractivity contribution in [2.75, 3.05) is 11.4 Å². The molecule has 1 fully saturated rings. The van der Waals surface area contributed by atoms with Gasteiger partial charge in [0.05, 0.1) is 16.6 Å². The normalized spacial score (nSPS) is 17.0. The van der Waals surface area contributed by atoms with E-state index in [-0.39, 0.29) is 24.2 Å². The van der Waals surface area contributed by atoms with Gasteiger partial charge in [-0.2, -0.15) is 0 Å². The molecule has 1 aliphatic heterocycles. The minimum atomic E-state index is -0.354. The van der Waals surface area contributed by atoms with Crippen LogP contribution in [0.2, 0.25) is 5.02 Å². The third-order valence-electron chi connectivity index (χ3n) is 4.47. The second-order valence-electron chi connectivity index (χ2n) is 6.52. The lowest BCUT2D eigenvalue weighted by Crippen LogP contribution is -2.32. The van der Waals surface area contributed by atoms with Crippen LogP contribution in [0.5, 0.6) is 0 Å². The predicted octanol–water partition coefficient (Wildman–Crippen LogP) is 3.63. The van der Waals surface area contributed by atoms with Crippen molar-refractivity contribution in [2.24, 2.45) is 5.92 Å². The van der Waals surface area contributed by atoms with Gasteiger partial charge in [0.25, 0.3) is 0 Å². The van der Waals surface area contributed by atoms with Crippen molar-refractivity contribution in [3.8, 4) is 0 Å². The van der Waals surface area contributed by atoms with Gasteiger partial charge in [0.15, 0.2) is 0 Å². The molecule has 1 aliphatic rings. The van der Waals surface area contributed by atoms with Gasteiger partial charge in [-0.25, -0.2) is 0 Å². The summed E-state index contributed by atoms with van der Waals surface area (Å²) >= 11 is 6.35. The molecule has 1 N–H and O–H groups in total. The highest BCUT2D eigenvalue weighted by molar-refractivity contribution is 6.34. The van der Waals surface area contributed by atoms with Crippen LogP contribution in [0.25, 0.3) is 0 Å². The highest BCUT2D eigenvalue weighted by atomic mass is 35.5. The average molecular weight is 357 g/mol. The molecule has 1 atom stereocenters. The lowest BCUT2D eigenvalue weighted by atomic mass is 10.1. The average Bonchev–Trinajstić information content (AvgIpc) is 2.94. The van der Waals surface area contributed by atoms with Gasteiger partial charge in [-0.1, -0.05) is 48.0 Å². The van der Waals surface area contributed by atoms with E-state index in [0.717, 1.165) is 22.4 Å². The molecule has 0 aliphatic carbocycles. The predicted molar refractivity (Wildman–Crippen MR) is 99.7 cm³/mol. The SMILES string of the molecule is Cc1cc(C)c(N2CC(C(=O)NCc3ccccc3)CC2=O)c(Cl)c1. The van der Waals surface area contributed by atoms with Gasteiger partial charge in [0.1, 0.15) is 0 Å². The van der Waals surface area contributed by atoms with Crippen LogP contribution in [-0.4, -0.2) is 18.4 Å². The molecule has 0 saturated carbocycles. The Morgan fingerprint density at radius 3 is 2.64 bits per heavy atom. The molecule has 0 spiro atoms. The monoisotopic (exact) mass is 356 g/mol. The summed E-state index contributed by atoms with van der Waals surface area (Å²) in [6.07, 6.45) is 0.213. The number of aryl methyl sites for hydroxylation is 2. The van der Waals surface area contributed by atoms with Gasteiger partial charge in [0, 0.05) is 19.5 Å². The summed E-state index contributed by atoms with van der Waals surface area (Å²) in [5, 5.41) is 3.47. The van der Waals surface area contributed by atoms with E-state index in [1.165, 1.54) is 0 Å². The third-order valence-corrected chi connectivity index (χ3v) is 4.76. The summed E-state index contributed by atoms with van der Waals surface area (Å²) in [6.45, 7) is 4.73. The van der Waals surface area contributed by atoms with Crippen molar-refractivity contribution >= 4 is 29.1 Å². The number of hydrogen-bond donors (Lipinski definition) is 1. The Morgan fingerprint density at radius 2 is 1.96 bits per heavy atom. The Balaban J connectivity index is 1.69. The number of nitrogens with zero attached hydrogens (tertiary/aromatic N) is 1. The van der Waals surface area contributed by atoms with Crippen molar-refractivity contribution in [2.45, 2.75) is 26.8 Å². The molecule has 130 valence electrons. The molecule has 3 rings (SSSR count). The molecule has 1 unspecified atom stereocenters. The highest BCUT2D eigenvalue weighted by Gasteiger charge is 2.36. The van der Waals surface area contributed by atoms with Gasteiger partial charge in [-0.05, 0) is 36.6 Å². The minimum Gasteiger partial charge on any atom is -0.352 e. The van der Waals surface area contributed by atoms with Crippen LogP contribution in [0, 0.1) is 19.8 Å². The van der Waals surface area contributed by atoms with Crippen molar-refractivity contribution in [3.05, 3.63) is 64.2 Å². The largest absolute Gasteiger partial charge is 0.352 e. The number of nitrogens with one attached hydrogen (secondary N) is 1. The van der Waals surface area contributed by atoms with Crippen molar-refractivity contribution < 1.29 is 9.59 Å². The van der Waals surface area contributed by atoms with E-state index in [1.807, 2.05) is 56.3 Å². The topological polar surface area (TPSA) is 49.4 Å². The van der Waals surface area contributed by atoms with Gasteiger partial charge in [-0.3, -0.25) is 9.59 Å². The van der Waals surface area contributed by atoms with Gasteiger partial charge in [0.2, 0.25) is 11.8 Å². The first-order valence-electron chi connectivity index (χ1n) is 8.34. The zero-order valence-corrected chi connectivity index (χ0v) is 15.1. The van der Waals surface area contributed by atoms with E-state index in [1.54, 1.807) is 4.90 Å². The molecule has 2 amide bonds. The van der Waals surface area contributed by atoms with E-state index >= 15 is 0 Å². The molecule has 0 bridgehead atoms. The quantitative estimate of drug-likeness (QED) is 0.909. The van der Waals surface area contributed by atoms with Gasteiger partial charge < -0.3 is 10.2 Å². The second kappa shape index (κ2) is 7.28. The molecule has 5 heteroatoms. The third kappa shape index (κ3) is 3.85. The number of hydrogen-bond acceptors (Lipinski definition) is 2. The van der Waals surface area contributed by atoms with Crippen LogP contribution in [0.15, 0.2) is 42.5 Å².